The third kappa shape index (κ3) is 1.38. The van der Waals surface area contributed by atoms with Crippen molar-refractivity contribution < 1.29 is 5.11 Å². The molecule has 0 saturated carbocycles. The molecule has 3 heterocycles. The van der Waals surface area contributed by atoms with Gasteiger partial charge >= 0.3 is 0 Å². The Kier molecular flexibility index (Phi) is 2.29. The van der Waals surface area contributed by atoms with Crippen LogP contribution in [0.1, 0.15) is 18.5 Å². The number of aliphatic hydroxyl groups is 1. The van der Waals surface area contributed by atoms with E-state index in [0.717, 1.165) is 30.2 Å². The number of fused-ring (bicyclic) bond motifs is 1. The SMILES string of the molecule is OCc1c(N2CCCC2)nc2ccccn12. The first-order valence-electron chi connectivity index (χ1n) is 5.72. The van der Waals surface area contributed by atoms with Crippen LogP contribution in [-0.2, 0) is 6.61 Å². The quantitative estimate of drug-likeness (QED) is 0.827. The lowest BCUT2D eigenvalue weighted by Gasteiger charge is -2.15. The highest BCUT2D eigenvalue weighted by Crippen LogP contribution is 2.24. The van der Waals surface area contributed by atoms with E-state index >= 15 is 0 Å². The lowest BCUT2D eigenvalue weighted by molar-refractivity contribution is 0.276. The lowest BCUT2D eigenvalue weighted by Crippen LogP contribution is -2.19. The molecule has 0 spiro atoms. The van der Waals surface area contributed by atoms with Crippen molar-refractivity contribution in [2.24, 2.45) is 0 Å². The van der Waals surface area contributed by atoms with Crippen molar-refractivity contribution in [1.82, 2.24) is 9.38 Å². The van der Waals surface area contributed by atoms with Crippen LogP contribution >= 0.6 is 0 Å². The molecule has 1 saturated heterocycles. The molecule has 1 N–H and O–H groups in total. The van der Waals surface area contributed by atoms with Crippen LogP contribution in [0.15, 0.2) is 24.4 Å². The van der Waals surface area contributed by atoms with E-state index in [-0.39, 0.29) is 6.61 Å². The summed E-state index contributed by atoms with van der Waals surface area (Å²) < 4.78 is 1.97. The molecule has 0 aromatic carbocycles. The van der Waals surface area contributed by atoms with Crippen molar-refractivity contribution in [2.75, 3.05) is 18.0 Å². The summed E-state index contributed by atoms with van der Waals surface area (Å²) in [5.74, 6) is 0.950. The van der Waals surface area contributed by atoms with Crippen LogP contribution in [0.25, 0.3) is 5.65 Å². The first-order chi connectivity index (χ1) is 7.90. The summed E-state index contributed by atoms with van der Waals surface area (Å²) in [6.07, 6.45) is 4.39. The summed E-state index contributed by atoms with van der Waals surface area (Å²) in [6.45, 7) is 2.14. The van der Waals surface area contributed by atoms with Crippen molar-refractivity contribution >= 4 is 11.5 Å². The summed E-state index contributed by atoms with van der Waals surface area (Å²) in [4.78, 5) is 6.86. The van der Waals surface area contributed by atoms with Crippen molar-refractivity contribution in [1.29, 1.82) is 0 Å². The maximum Gasteiger partial charge on any atom is 0.153 e. The molecular formula is C12H15N3O. The van der Waals surface area contributed by atoms with Crippen LogP contribution in [0, 0.1) is 0 Å². The number of hydrogen-bond acceptors (Lipinski definition) is 3. The minimum atomic E-state index is 0.0387. The average molecular weight is 217 g/mol. The highest BCUT2D eigenvalue weighted by molar-refractivity contribution is 5.56. The topological polar surface area (TPSA) is 40.8 Å². The van der Waals surface area contributed by atoms with Gasteiger partial charge in [-0.25, -0.2) is 4.98 Å². The van der Waals surface area contributed by atoms with Crippen molar-refractivity contribution in [3.05, 3.63) is 30.1 Å². The van der Waals surface area contributed by atoms with E-state index in [1.807, 2.05) is 28.8 Å². The van der Waals surface area contributed by atoms with Gasteiger partial charge in [0, 0.05) is 19.3 Å². The maximum atomic E-state index is 9.48. The van der Waals surface area contributed by atoms with Crippen LogP contribution in [0.2, 0.25) is 0 Å². The molecule has 4 heteroatoms. The molecule has 2 aromatic heterocycles. The fraction of sp³-hybridized carbons (Fsp3) is 0.417. The number of imidazole rings is 1. The first-order valence-corrected chi connectivity index (χ1v) is 5.72. The highest BCUT2D eigenvalue weighted by atomic mass is 16.3. The Balaban J connectivity index is 2.15. The summed E-state index contributed by atoms with van der Waals surface area (Å²) in [6, 6.07) is 5.90. The maximum absolute atomic E-state index is 9.48. The molecule has 3 rings (SSSR count). The summed E-state index contributed by atoms with van der Waals surface area (Å²) in [7, 11) is 0. The number of aromatic nitrogens is 2. The van der Waals surface area contributed by atoms with Gasteiger partial charge < -0.3 is 10.0 Å². The second kappa shape index (κ2) is 3.79. The summed E-state index contributed by atoms with van der Waals surface area (Å²) in [5.41, 5.74) is 1.81. The Morgan fingerprint density at radius 3 is 2.81 bits per heavy atom. The van der Waals surface area contributed by atoms with Gasteiger partial charge in [0.05, 0.1) is 12.3 Å². The Labute approximate surface area is 94.1 Å². The Morgan fingerprint density at radius 2 is 2.06 bits per heavy atom. The number of rotatable bonds is 2. The van der Waals surface area contributed by atoms with Gasteiger partial charge in [0.15, 0.2) is 5.82 Å². The van der Waals surface area contributed by atoms with Crippen LogP contribution in [0.3, 0.4) is 0 Å². The molecule has 1 fully saturated rings. The minimum Gasteiger partial charge on any atom is -0.390 e. The van der Waals surface area contributed by atoms with Gasteiger partial charge in [0.25, 0.3) is 0 Å². The second-order valence-corrected chi connectivity index (χ2v) is 4.16. The van der Waals surface area contributed by atoms with Crippen molar-refractivity contribution in [3.63, 3.8) is 0 Å². The van der Waals surface area contributed by atoms with E-state index in [4.69, 9.17) is 0 Å². The molecule has 1 aliphatic rings. The predicted molar refractivity (Wildman–Crippen MR) is 62.6 cm³/mol. The zero-order valence-electron chi connectivity index (χ0n) is 9.13. The predicted octanol–water partition coefficient (Wildman–Crippen LogP) is 1.43. The van der Waals surface area contributed by atoms with Crippen LogP contribution in [0.5, 0.6) is 0 Å². The van der Waals surface area contributed by atoms with E-state index in [0.29, 0.717) is 0 Å². The van der Waals surface area contributed by atoms with Crippen molar-refractivity contribution in [2.45, 2.75) is 19.4 Å². The summed E-state index contributed by atoms with van der Waals surface area (Å²) >= 11 is 0. The Bertz CT molecular complexity index is 500. The van der Waals surface area contributed by atoms with E-state index < -0.39 is 0 Å². The van der Waals surface area contributed by atoms with Crippen LogP contribution < -0.4 is 4.90 Å². The van der Waals surface area contributed by atoms with E-state index in [1.54, 1.807) is 0 Å². The van der Waals surface area contributed by atoms with Gasteiger partial charge in [-0.2, -0.15) is 0 Å². The van der Waals surface area contributed by atoms with Gasteiger partial charge in [0.1, 0.15) is 5.65 Å². The smallest absolute Gasteiger partial charge is 0.153 e. The zero-order chi connectivity index (χ0) is 11.0. The first kappa shape index (κ1) is 9.66. The zero-order valence-corrected chi connectivity index (χ0v) is 9.13. The molecule has 0 unspecified atom stereocenters. The molecule has 0 bridgehead atoms. The molecule has 0 atom stereocenters. The van der Waals surface area contributed by atoms with Gasteiger partial charge in [-0.15, -0.1) is 0 Å². The molecule has 2 aromatic rings. The molecule has 1 aliphatic heterocycles. The van der Waals surface area contributed by atoms with Crippen LogP contribution in [0.4, 0.5) is 5.82 Å². The van der Waals surface area contributed by atoms with Crippen molar-refractivity contribution in [3.8, 4) is 0 Å². The Hall–Kier alpha value is -1.55. The van der Waals surface area contributed by atoms with E-state index in [2.05, 4.69) is 9.88 Å². The van der Waals surface area contributed by atoms with Crippen LogP contribution in [-0.4, -0.2) is 27.6 Å². The fourth-order valence-electron chi connectivity index (χ4n) is 2.36. The Morgan fingerprint density at radius 1 is 1.25 bits per heavy atom. The third-order valence-electron chi connectivity index (χ3n) is 3.16. The average Bonchev–Trinajstić information content (AvgIpc) is 2.95. The van der Waals surface area contributed by atoms with E-state index in [9.17, 15) is 5.11 Å². The monoisotopic (exact) mass is 217 g/mol. The molecular weight excluding hydrogens is 202 g/mol. The largest absolute Gasteiger partial charge is 0.390 e. The van der Waals surface area contributed by atoms with Gasteiger partial charge in [-0.1, -0.05) is 6.07 Å². The minimum absolute atomic E-state index is 0.0387. The number of nitrogens with zero attached hydrogens (tertiary/aromatic N) is 3. The standard InChI is InChI=1S/C12H15N3O/c16-9-10-12(14-6-3-4-7-14)13-11-5-1-2-8-15(10)11/h1-2,5,8,16H,3-4,6-7,9H2. The number of pyridine rings is 1. The summed E-state index contributed by atoms with van der Waals surface area (Å²) in [5, 5.41) is 9.48. The van der Waals surface area contributed by atoms with Gasteiger partial charge in [0.2, 0.25) is 0 Å². The molecule has 0 radical (unpaired) electrons. The van der Waals surface area contributed by atoms with Gasteiger partial charge in [-0.3, -0.25) is 4.40 Å². The fourth-order valence-corrected chi connectivity index (χ4v) is 2.36. The molecule has 16 heavy (non-hydrogen) atoms. The third-order valence-corrected chi connectivity index (χ3v) is 3.16. The lowest BCUT2D eigenvalue weighted by atomic mass is 10.4. The van der Waals surface area contributed by atoms with E-state index in [1.165, 1.54) is 12.8 Å². The highest BCUT2D eigenvalue weighted by Gasteiger charge is 2.20. The number of anilines is 1. The van der Waals surface area contributed by atoms with Gasteiger partial charge in [-0.05, 0) is 25.0 Å². The number of hydrogen-bond donors (Lipinski definition) is 1. The molecule has 0 amide bonds. The molecule has 4 nitrogen and oxygen atoms in total. The number of aliphatic hydroxyl groups excluding tert-OH is 1. The molecule has 0 aliphatic carbocycles. The second-order valence-electron chi connectivity index (χ2n) is 4.16. The normalized spacial score (nSPS) is 16.2. The molecule has 84 valence electrons.